The second-order valence-electron chi connectivity index (χ2n) is 5.54. The van der Waals surface area contributed by atoms with E-state index in [1.165, 1.54) is 0 Å². The molecule has 18 heavy (non-hydrogen) atoms. The van der Waals surface area contributed by atoms with Gasteiger partial charge in [-0.05, 0) is 46.2 Å². The van der Waals surface area contributed by atoms with Gasteiger partial charge in [-0.15, -0.1) is 0 Å². The van der Waals surface area contributed by atoms with Gasteiger partial charge in [-0.3, -0.25) is 0 Å². The first-order valence-electron chi connectivity index (χ1n) is 6.11. The molecule has 2 rings (SSSR count). The zero-order chi connectivity index (χ0) is 13.5. The third-order valence-corrected chi connectivity index (χ3v) is 3.00. The van der Waals surface area contributed by atoms with Crippen LogP contribution in [0.4, 0.5) is 4.79 Å². The Hall–Kier alpha value is -1.77. The number of carbonyl (C=O) groups is 1. The van der Waals surface area contributed by atoms with Crippen LogP contribution in [0, 0.1) is 13.8 Å². The number of aryl methyl sites for hydroxylation is 1. The lowest BCUT2D eigenvalue weighted by Gasteiger charge is -2.20. The van der Waals surface area contributed by atoms with Crippen LogP contribution in [0.3, 0.4) is 0 Å². The fraction of sp³-hybridized carbons (Fsp3) is 0.400. The van der Waals surface area contributed by atoms with Crippen molar-refractivity contribution in [2.24, 2.45) is 0 Å². The number of carbonyl (C=O) groups excluding carboxylic acids is 1. The summed E-state index contributed by atoms with van der Waals surface area (Å²) in [4.78, 5) is 12.2. The maximum atomic E-state index is 12.2. The molecule has 1 aromatic carbocycles. The predicted octanol–water partition coefficient (Wildman–Crippen LogP) is 4.04. The molecular formula is C15H19NO2. The van der Waals surface area contributed by atoms with Crippen LogP contribution < -0.4 is 0 Å². The molecule has 0 N–H and O–H groups in total. The first-order chi connectivity index (χ1) is 8.31. The third kappa shape index (κ3) is 2.13. The van der Waals surface area contributed by atoms with Crippen molar-refractivity contribution < 1.29 is 9.53 Å². The summed E-state index contributed by atoms with van der Waals surface area (Å²) in [7, 11) is 0. The monoisotopic (exact) mass is 245 g/mol. The van der Waals surface area contributed by atoms with E-state index < -0.39 is 5.60 Å². The topological polar surface area (TPSA) is 31.2 Å². The van der Waals surface area contributed by atoms with Gasteiger partial charge in [-0.2, -0.15) is 0 Å². The van der Waals surface area contributed by atoms with Crippen LogP contribution in [-0.2, 0) is 4.74 Å². The molecule has 2 aromatic rings. The molecule has 0 fully saturated rings. The number of aromatic nitrogens is 1. The average molecular weight is 245 g/mol. The maximum Gasteiger partial charge on any atom is 0.419 e. The zero-order valence-electron chi connectivity index (χ0n) is 11.6. The van der Waals surface area contributed by atoms with Gasteiger partial charge in [0.05, 0.1) is 5.52 Å². The fourth-order valence-electron chi connectivity index (χ4n) is 2.07. The van der Waals surface area contributed by atoms with Gasteiger partial charge in [0.1, 0.15) is 5.60 Å². The smallest absolute Gasteiger partial charge is 0.419 e. The number of para-hydroxylation sites is 1. The highest BCUT2D eigenvalue weighted by atomic mass is 16.6. The van der Waals surface area contributed by atoms with Gasteiger partial charge < -0.3 is 4.74 Å². The molecular weight excluding hydrogens is 226 g/mol. The van der Waals surface area contributed by atoms with Gasteiger partial charge in [0.15, 0.2) is 0 Å². The Bertz CT molecular complexity index is 603. The Kier molecular flexibility index (Phi) is 2.93. The number of ether oxygens (including phenoxy) is 1. The molecule has 0 aliphatic rings. The van der Waals surface area contributed by atoms with E-state index in [1.54, 1.807) is 4.57 Å². The Morgan fingerprint density at radius 1 is 1.17 bits per heavy atom. The minimum absolute atomic E-state index is 0.315. The lowest BCUT2D eigenvalue weighted by Crippen LogP contribution is -2.27. The van der Waals surface area contributed by atoms with Crippen molar-refractivity contribution in [1.82, 2.24) is 4.57 Å². The molecule has 0 saturated heterocycles. The highest BCUT2D eigenvalue weighted by molar-refractivity contribution is 5.93. The van der Waals surface area contributed by atoms with E-state index in [0.29, 0.717) is 0 Å². The molecule has 0 radical (unpaired) electrons. The van der Waals surface area contributed by atoms with Crippen molar-refractivity contribution in [3.05, 3.63) is 35.5 Å². The van der Waals surface area contributed by atoms with Crippen molar-refractivity contribution in [1.29, 1.82) is 0 Å². The van der Waals surface area contributed by atoms with Crippen LogP contribution in [-0.4, -0.2) is 16.3 Å². The molecule has 0 bridgehead atoms. The predicted molar refractivity (Wildman–Crippen MR) is 73.0 cm³/mol. The van der Waals surface area contributed by atoms with Crippen LogP contribution in [0.5, 0.6) is 0 Å². The van der Waals surface area contributed by atoms with Crippen molar-refractivity contribution in [2.45, 2.75) is 40.2 Å². The van der Waals surface area contributed by atoms with Crippen LogP contribution in [0.25, 0.3) is 10.9 Å². The van der Waals surface area contributed by atoms with E-state index >= 15 is 0 Å². The van der Waals surface area contributed by atoms with E-state index in [4.69, 9.17) is 4.74 Å². The molecule has 0 amide bonds. The summed E-state index contributed by atoms with van der Waals surface area (Å²) < 4.78 is 7.10. The molecule has 3 heteroatoms. The van der Waals surface area contributed by atoms with Crippen molar-refractivity contribution in [3.8, 4) is 0 Å². The molecule has 0 aliphatic carbocycles. The second-order valence-corrected chi connectivity index (χ2v) is 5.54. The molecule has 0 saturated carbocycles. The Morgan fingerprint density at radius 3 is 2.39 bits per heavy atom. The zero-order valence-corrected chi connectivity index (χ0v) is 11.6. The van der Waals surface area contributed by atoms with E-state index in [1.807, 2.05) is 58.9 Å². The highest BCUT2D eigenvalue weighted by Gasteiger charge is 2.22. The number of benzene rings is 1. The summed E-state index contributed by atoms with van der Waals surface area (Å²) >= 11 is 0. The van der Waals surface area contributed by atoms with Crippen molar-refractivity contribution >= 4 is 17.0 Å². The SMILES string of the molecule is Cc1c(C)n(C(=O)OC(C)(C)C)c2ccccc12. The normalized spacial score (nSPS) is 11.8. The standard InChI is InChI=1S/C15H19NO2/c1-10-11(2)16(14(17)18-15(3,4)5)13-9-7-6-8-12(10)13/h6-9H,1-5H3. The molecule has 1 aromatic heterocycles. The van der Waals surface area contributed by atoms with Gasteiger partial charge in [0, 0.05) is 11.1 Å². The minimum atomic E-state index is -0.483. The lowest BCUT2D eigenvalue weighted by molar-refractivity contribution is 0.0541. The van der Waals surface area contributed by atoms with Crippen LogP contribution in [0.1, 0.15) is 32.0 Å². The summed E-state index contributed by atoms with van der Waals surface area (Å²) in [5.74, 6) is 0. The summed E-state index contributed by atoms with van der Waals surface area (Å²) in [6.45, 7) is 9.59. The first-order valence-corrected chi connectivity index (χ1v) is 6.11. The van der Waals surface area contributed by atoms with E-state index in [9.17, 15) is 4.79 Å². The van der Waals surface area contributed by atoms with E-state index in [-0.39, 0.29) is 6.09 Å². The number of nitrogens with zero attached hydrogens (tertiary/aromatic N) is 1. The first kappa shape index (κ1) is 12.7. The summed E-state index contributed by atoms with van der Waals surface area (Å²) in [6, 6.07) is 7.88. The molecule has 1 heterocycles. The average Bonchev–Trinajstić information content (AvgIpc) is 2.50. The lowest BCUT2D eigenvalue weighted by atomic mass is 10.2. The Morgan fingerprint density at radius 2 is 1.78 bits per heavy atom. The number of hydrogen-bond acceptors (Lipinski definition) is 2. The van der Waals surface area contributed by atoms with Gasteiger partial charge in [-0.1, -0.05) is 18.2 Å². The van der Waals surface area contributed by atoms with Crippen molar-refractivity contribution in [2.75, 3.05) is 0 Å². The largest absolute Gasteiger partial charge is 0.443 e. The number of fused-ring (bicyclic) bond motifs is 1. The molecule has 0 aliphatic heterocycles. The van der Waals surface area contributed by atoms with Gasteiger partial charge in [0.25, 0.3) is 0 Å². The van der Waals surface area contributed by atoms with Gasteiger partial charge in [0.2, 0.25) is 0 Å². The van der Waals surface area contributed by atoms with Crippen LogP contribution >= 0.6 is 0 Å². The molecule has 0 spiro atoms. The molecule has 0 unspecified atom stereocenters. The summed E-state index contributed by atoms with van der Waals surface area (Å²) in [5.41, 5.74) is 2.48. The van der Waals surface area contributed by atoms with Crippen LogP contribution in [0.2, 0.25) is 0 Å². The van der Waals surface area contributed by atoms with Gasteiger partial charge in [-0.25, -0.2) is 9.36 Å². The van der Waals surface area contributed by atoms with Gasteiger partial charge >= 0.3 is 6.09 Å². The summed E-state index contributed by atoms with van der Waals surface area (Å²) in [5, 5.41) is 1.10. The fourth-order valence-corrected chi connectivity index (χ4v) is 2.07. The van der Waals surface area contributed by atoms with Crippen molar-refractivity contribution in [3.63, 3.8) is 0 Å². The van der Waals surface area contributed by atoms with E-state index in [2.05, 4.69) is 0 Å². The highest BCUT2D eigenvalue weighted by Crippen LogP contribution is 2.25. The number of hydrogen-bond donors (Lipinski definition) is 0. The van der Waals surface area contributed by atoms with E-state index in [0.717, 1.165) is 22.2 Å². The van der Waals surface area contributed by atoms with Crippen LogP contribution in [0.15, 0.2) is 24.3 Å². The quantitative estimate of drug-likeness (QED) is 0.701. The Balaban J connectivity index is 2.58. The third-order valence-electron chi connectivity index (χ3n) is 3.00. The molecule has 96 valence electrons. The maximum absolute atomic E-state index is 12.2. The molecule has 0 atom stereocenters. The Labute approximate surface area is 107 Å². The summed E-state index contributed by atoms with van der Waals surface area (Å²) in [6.07, 6.45) is -0.315. The minimum Gasteiger partial charge on any atom is -0.443 e. The second kappa shape index (κ2) is 4.16. The number of rotatable bonds is 0. The molecule has 3 nitrogen and oxygen atoms in total.